The van der Waals surface area contributed by atoms with Gasteiger partial charge in [0.25, 0.3) is 0 Å². The fourth-order valence-corrected chi connectivity index (χ4v) is 2.58. The van der Waals surface area contributed by atoms with Gasteiger partial charge < -0.3 is 10.4 Å². The second kappa shape index (κ2) is 5.38. The van der Waals surface area contributed by atoms with E-state index in [-0.39, 0.29) is 5.75 Å². The first kappa shape index (κ1) is 14.3. The highest BCUT2D eigenvalue weighted by atomic mass is 19.1. The number of halogens is 1. The number of aryl methyl sites for hydroxylation is 1. The van der Waals surface area contributed by atoms with Crippen LogP contribution in [0, 0.1) is 12.7 Å². The minimum atomic E-state index is -0.669. The second-order valence-electron chi connectivity index (χ2n) is 5.58. The minimum Gasteiger partial charge on any atom is -0.505 e. The third kappa shape index (κ3) is 2.45. The molecule has 4 N–H and O–H groups in total. The van der Waals surface area contributed by atoms with Gasteiger partial charge in [-0.2, -0.15) is 10.2 Å². The molecule has 2 heterocycles. The van der Waals surface area contributed by atoms with Gasteiger partial charge in [-0.25, -0.2) is 4.39 Å². The molecule has 0 aliphatic carbocycles. The molecule has 0 saturated carbocycles. The predicted molar refractivity (Wildman–Crippen MR) is 89.8 cm³/mol. The van der Waals surface area contributed by atoms with Gasteiger partial charge in [-0.3, -0.25) is 10.2 Å². The molecule has 0 aliphatic rings. The molecule has 0 saturated heterocycles. The van der Waals surface area contributed by atoms with E-state index in [2.05, 4.69) is 25.7 Å². The molecule has 4 aromatic rings. The Bertz CT molecular complexity index is 1040. The van der Waals surface area contributed by atoms with Crippen LogP contribution < -0.4 is 5.32 Å². The standard InChI is InChI=1S/C17H14FN5O/c1-9-4-14-11(8-19-21-14)6-13(9)20-17-7-15(22-23-17)10-2-3-16(24)12(18)5-10/h2-8,24H,1H3,(H,19,21)(H2,20,22,23). The van der Waals surface area contributed by atoms with Crippen molar-refractivity contribution in [1.29, 1.82) is 0 Å². The van der Waals surface area contributed by atoms with Crippen molar-refractivity contribution in [3.8, 4) is 17.0 Å². The van der Waals surface area contributed by atoms with Gasteiger partial charge in [-0.1, -0.05) is 0 Å². The Morgan fingerprint density at radius 1 is 1.12 bits per heavy atom. The lowest BCUT2D eigenvalue weighted by Gasteiger charge is -2.06. The van der Waals surface area contributed by atoms with Crippen molar-refractivity contribution >= 4 is 22.4 Å². The zero-order valence-electron chi connectivity index (χ0n) is 12.8. The Labute approximate surface area is 136 Å². The topological polar surface area (TPSA) is 89.6 Å². The van der Waals surface area contributed by atoms with Crippen molar-refractivity contribution < 1.29 is 9.50 Å². The zero-order chi connectivity index (χ0) is 16.7. The van der Waals surface area contributed by atoms with Crippen molar-refractivity contribution in [2.45, 2.75) is 6.92 Å². The van der Waals surface area contributed by atoms with Crippen molar-refractivity contribution in [1.82, 2.24) is 20.4 Å². The predicted octanol–water partition coefficient (Wildman–Crippen LogP) is 3.85. The smallest absolute Gasteiger partial charge is 0.165 e. The molecular weight excluding hydrogens is 309 g/mol. The summed E-state index contributed by atoms with van der Waals surface area (Å²) in [5.74, 6) is -0.428. The number of aromatic amines is 2. The number of benzene rings is 2. The van der Waals surface area contributed by atoms with Gasteiger partial charge in [0.15, 0.2) is 17.4 Å². The molecule has 0 fully saturated rings. The highest BCUT2D eigenvalue weighted by molar-refractivity contribution is 5.84. The van der Waals surface area contributed by atoms with Gasteiger partial charge in [-0.05, 0) is 42.8 Å². The number of aromatic nitrogens is 4. The number of fused-ring (bicyclic) bond motifs is 1. The fraction of sp³-hybridized carbons (Fsp3) is 0.0588. The molecule has 7 heteroatoms. The normalized spacial score (nSPS) is 11.1. The second-order valence-corrected chi connectivity index (χ2v) is 5.58. The third-order valence-corrected chi connectivity index (χ3v) is 3.88. The minimum absolute atomic E-state index is 0.374. The number of anilines is 2. The lowest BCUT2D eigenvalue weighted by molar-refractivity contribution is 0.432. The van der Waals surface area contributed by atoms with Gasteiger partial charge >= 0.3 is 0 Å². The van der Waals surface area contributed by atoms with Crippen LogP contribution in [0.2, 0.25) is 0 Å². The molecule has 4 rings (SSSR count). The first-order valence-electron chi connectivity index (χ1n) is 7.35. The first-order valence-corrected chi connectivity index (χ1v) is 7.35. The summed E-state index contributed by atoms with van der Waals surface area (Å²) in [6.07, 6.45) is 1.76. The van der Waals surface area contributed by atoms with E-state index in [0.29, 0.717) is 17.1 Å². The number of nitrogens with zero attached hydrogens (tertiary/aromatic N) is 2. The Morgan fingerprint density at radius 3 is 2.83 bits per heavy atom. The van der Waals surface area contributed by atoms with Gasteiger partial charge in [-0.15, -0.1) is 0 Å². The Hall–Kier alpha value is -3.35. The molecule has 0 aliphatic heterocycles. The Morgan fingerprint density at radius 2 is 2.00 bits per heavy atom. The number of nitrogens with one attached hydrogen (secondary N) is 3. The van der Waals surface area contributed by atoms with Crippen molar-refractivity contribution in [2.75, 3.05) is 5.32 Å². The van der Waals surface area contributed by atoms with E-state index in [0.717, 1.165) is 22.2 Å². The van der Waals surface area contributed by atoms with Gasteiger partial charge in [0, 0.05) is 22.7 Å². The lowest BCUT2D eigenvalue weighted by Crippen LogP contribution is -1.93. The molecule has 0 radical (unpaired) electrons. The summed E-state index contributed by atoms with van der Waals surface area (Å²) in [7, 11) is 0. The van der Waals surface area contributed by atoms with Gasteiger partial charge in [0.2, 0.25) is 0 Å². The maximum atomic E-state index is 13.5. The van der Waals surface area contributed by atoms with Crippen LogP contribution in [0.1, 0.15) is 5.56 Å². The van der Waals surface area contributed by atoms with Crippen LogP contribution in [-0.2, 0) is 0 Å². The van der Waals surface area contributed by atoms with Crippen molar-refractivity contribution in [3.05, 3.63) is 54.0 Å². The van der Waals surface area contributed by atoms with E-state index >= 15 is 0 Å². The van der Waals surface area contributed by atoms with Crippen LogP contribution in [0.4, 0.5) is 15.9 Å². The molecule has 0 bridgehead atoms. The summed E-state index contributed by atoms with van der Waals surface area (Å²) < 4.78 is 13.5. The van der Waals surface area contributed by atoms with E-state index in [1.165, 1.54) is 12.1 Å². The quantitative estimate of drug-likeness (QED) is 0.461. The van der Waals surface area contributed by atoms with Crippen LogP contribution in [0.15, 0.2) is 42.6 Å². The lowest BCUT2D eigenvalue weighted by atomic mass is 10.1. The number of rotatable bonds is 3. The molecule has 0 spiro atoms. The summed E-state index contributed by atoms with van der Waals surface area (Å²) >= 11 is 0. The third-order valence-electron chi connectivity index (χ3n) is 3.88. The molecule has 2 aromatic heterocycles. The average molecular weight is 323 g/mol. The molecule has 0 unspecified atom stereocenters. The fourth-order valence-electron chi connectivity index (χ4n) is 2.58. The summed E-state index contributed by atoms with van der Waals surface area (Å²) in [5.41, 5.74) is 4.19. The maximum absolute atomic E-state index is 13.5. The number of phenolic OH excluding ortho intramolecular Hbond substituents is 1. The summed E-state index contributed by atoms with van der Waals surface area (Å²) in [4.78, 5) is 0. The van der Waals surface area contributed by atoms with Crippen LogP contribution in [0.3, 0.4) is 0 Å². The van der Waals surface area contributed by atoms with Crippen LogP contribution in [-0.4, -0.2) is 25.5 Å². The highest BCUT2D eigenvalue weighted by Crippen LogP contribution is 2.28. The van der Waals surface area contributed by atoms with Crippen molar-refractivity contribution in [3.63, 3.8) is 0 Å². The average Bonchev–Trinajstić information content (AvgIpc) is 3.19. The van der Waals surface area contributed by atoms with E-state index in [1.807, 2.05) is 19.1 Å². The van der Waals surface area contributed by atoms with Crippen LogP contribution in [0.5, 0.6) is 5.75 Å². The first-order chi connectivity index (χ1) is 11.6. The number of phenols is 1. The molecule has 24 heavy (non-hydrogen) atoms. The molecule has 0 atom stereocenters. The maximum Gasteiger partial charge on any atom is 0.165 e. The number of hydrogen-bond acceptors (Lipinski definition) is 4. The number of H-pyrrole nitrogens is 2. The Balaban J connectivity index is 1.64. The van der Waals surface area contributed by atoms with E-state index in [1.54, 1.807) is 18.3 Å². The summed E-state index contributed by atoms with van der Waals surface area (Å²) in [6.45, 7) is 1.99. The van der Waals surface area contributed by atoms with Gasteiger partial charge in [0.05, 0.1) is 17.4 Å². The highest BCUT2D eigenvalue weighted by Gasteiger charge is 2.09. The monoisotopic (exact) mass is 323 g/mol. The summed E-state index contributed by atoms with van der Waals surface area (Å²) in [5, 5.41) is 27.5. The molecule has 120 valence electrons. The Kier molecular flexibility index (Phi) is 3.19. The van der Waals surface area contributed by atoms with Gasteiger partial charge in [0.1, 0.15) is 0 Å². The molecule has 2 aromatic carbocycles. The molecular formula is C17H14FN5O. The van der Waals surface area contributed by atoms with Crippen molar-refractivity contribution in [2.24, 2.45) is 0 Å². The van der Waals surface area contributed by atoms with E-state index in [4.69, 9.17) is 0 Å². The van der Waals surface area contributed by atoms with Crippen LogP contribution in [0.25, 0.3) is 22.2 Å². The number of aromatic hydroxyl groups is 1. The van der Waals surface area contributed by atoms with Crippen LogP contribution >= 0.6 is 0 Å². The summed E-state index contributed by atoms with van der Waals surface area (Å²) in [6, 6.07) is 9.98. The zero-order valence-corrected chi connectivity index (χ0v) is 12.8. The largest absolute Gasteiger partial charge is 0.505 e. The van der Waals surface area contributed by atoms with E-state index in [9.17, 15) is 9.50 Å². The van der Waals surface area contributed by atoms with E-state index < -0.39 is 5.82 Å². The molecule has 0 amide bonds. The SMILES string of the molecule is Cc1cc2[nH]ncc2cc1Nc1cc(-c2ccc(O)c(F)c2)[nH]n1. The molecule has 6 nitrogen and oxygen atoms in total. The number of hydrogen-bond donors (Lipinski definition) is 4.